The number of anilines is 1. The molecule has 0 aliphatic carbocycles. The maximum atomic E-state index is 13.4. The fraction of sp³-hybridized carbons (Fsp3) is 0.250. The summed E-state index contributed by atoms with van der Waals surface area (Å²) >= 11 is 0. The summed E-state index contributed by atoms with van der Waals surface area (Å²) < 4.78 is 84.7. The third-order valence-corrected chi connectivity index (χ3v) is 3.23. The van der Waals surface area contributed by atoms with Crippen molar-refractivity contribution in [3.63, 3.8) is 0 Å². The first-order chi connectivity index (χ1) is 12.4. The lowest BCUT2D eigenvalue weighted by atomic mass is 10.2. The molecule has 0 saturated carbocycles. The Morgan fingerprint density at radius 3 is 2.04 bits per heavy atom. The van der Waals surface area contributed by atoms with E-state index >= 15 is 0 Å². The maximum absolute atomic E-state index is 13.4. The second-order valence-electron chi connectivity index (χ2n) is 5.34. The van der Waals surface area contributed by atoms with Crippen LogP contribution in [0.5, 0.6) is 5.75 Å². The van der Waals surface area contributed by atoms with E-state index in [9.17, 15) is 31.1 Å². The van der Waals surface area contributed by atoms with Gasteiger partial charge in [-0.05, 0) is 31.2 Å². The number of aryl methyl sites for hydroxylation is 1. The predicted octanol–water partition coefficient (Wildman–Crippen LogP) is 4.41. The predicted molar refractivity (Wildman–Crippen MR) is 83.0 cm³/mol. The van der Waals surface area contributed by atoms with E-state index in [0.29, 0.717) is 5.69 Å². The van der Waals surface area contributed by atoms with Gasteiger partial charge in [0.1, 0.15) is 11.6 Å². The monoisotopic (exact) mass is 393 g/mol. The van der Waals surface area contributed by atoms with Crippen molar-refractivity contribution in [2.45, 2.75) is 25.0 Å². The molecule has 1 aromatic carbocycles. The molecule has 2 N–H and O–H groups in total. The second-order valence-corrected chi connectivity index (χ2v) is 5.34. The van der Waals surface area contributed by atoms with Gasteiger partial charge < -0.3 is 4.74 Å². The zero-order chi connectivity index (χ0) is 20.3. The van der Waals surface area contributed by atoms with Gasteiger partial charge in [-0.15, -0.1) is 0 Å². The normalized spacial score (nSPS) is 12.4. The van der Waals surface area contributed by atoms with Crippen LogP contribution in [-0.4, -0.2) is 29.1 Å². The number of alkyl halides is 6. The molecule has 0 spiro atoms. The number of nitrogens with one attached hydrogen (secondary N) is 2. The van der Waals surface area contributed by atoms with Gasteiger partial charge >= 0.3 is 24.1 Å². The average Bonchev–Trinajstić information content (AvgIpc) is 2.53. The van der Waals surface area contributed by atoms with Gasteiger partial charge in [-0.1, -0.05) is 24.3 Å². The topological polar surface area (TPSA) is 63.2 Å². The van der Waals surface area contributed by atoms with Crippen LogP contribution in [0.1, 0.15) is 5.69 Å². The van der Waals surface area contributed by atoms with Crippen LogP contribution >= 0.6 is 0 Å². The van der Waals surface area contributed by atoms with Gasteiger partial charge in [0.2, 0.25) is 0 Å². The number of carbonyl (C=O) groups excluding carboxylic acids is 1. The number of ether oxygens (including phenoxy) is 1. The van der Waals surface area contributed by atoms with Gasteiger partial charge in [0.05, 0.1) is 0 Å². The zero-order valence-corrected chi connectivity index (χ0v) is 13.7. The molecule has 0 aliphatic heterocycles. The molecule has 2 aromatic rings. The molecule has 2 rings (SSSR count). The van der Waals surface area contributed by atoms with E-state index in [4.69, 9.17) is 0 Å². The van der Waals surface area contributed by atoms with Gasteiger partial charge in [0.15, 0.2) is 0 Å². The molecule has 27 heavy (non-hydrogen) atoms. The van der Waals surface area contributed by atoms with Crippen LogP contribution in [0.3, 0.4) is 0 Å². The van der Waals surface area contributed by atoms with E-state index in [1.807, 2.05) is 5.32 Å². The third kappa shape index (κ3) is 4.60. The quantitative estimate of drug-likeness (QED) is 0.598. The molecule has 0 atom stereocenters. The molecule has 1 aromatic heterocycles. The lowest BCUT2D eigenvalue weighted by Gasteiger charge is -2.37. The van der Waals surface area contributed by atoms with Gasteiger partial charge in [-0.3, -0.25) is 10.6 Å². The van der Waals surface area contributed by atoms with E-state index in [0.717, 1.165) is 17.4 Å². The van der Waals surface area contributed by atoms with E-state index in [2.05, 4.69) is 9.72 Å². The molecule has 0 aliphatic rings. The molecule has 11 heteroatoms. The Morgan fingerprint density at radius 2 is 1.52 bits per heavy atom. The first-order valence-electron chi connectivity index (χ1n) is 7.35. The molecule has 2 amide bonds. The van der Waals surface area contributed by atoms with Crippen molar-refractivity contribution >= 4 is 11.8 Å². The van der Waals surface area contributed by atoms with Crippen LogP contribution < -0.4 is 15.4 Å². The number of carbonyl (C=O) groups is 1. The molecular formula is C16H13F6N3O2. The summed E-state index contributed by atoms with van der Waals surface area (Å²) in [6.07, 6.45) is -12.0. The SMILES string of the molecule is Cc1cccc(NC(=O)NC(Oc2ccccc2)(C(F)(F)F)C(F)(F)F)n1. The summed E-state index contributed by atoms with van der Waals surface area (Å²) in [5.41, 5.74) is -4.57. The lowest BCUT2D eigenvalue weighted by molar-refractivity contribution is -0.364. The maximum Gasteiger partial charge on any atom is 0.458 e. The van der Waals surface area contributed by atoms with Gasteiger partial charge in [0.25, 0.3) is 0 Å². The Bertz CT molecular complexity index is 779. The van der Waals surface area contributed by atoms with Crippen LogP contribution in [0.4, 0.5) is 37.0 Å². The average molecular weight is 393 g/mol. The van der Waals surface area contributed by atoms with E-state index in [1.54, 1.807) is 0 Å². The molecule has 0 fully saturated rings. The summed E-state index contributed by atoms with van der Waals surface area (Å²) in [7, 11) is 0. The van der Waals surface area contributed by atoms with Crippen molar-refractivity contribution in [3.05, 3.63) is 54.2 Å². The van der Waals surface area contributed by atoms with Crippen molar-refractivity contribution in [1.29, 1.82) is 0 Å². The van der Waals surface area contributed by atoms with Gasteiger partial charge in [0, 0.05) is 5.69 Å². The minimum atomic E-state index is -6.02. The van der Waals surface area contributed by atoms with E-state index in [1.165, 1.54) is 43.3 Å². The zero-order valence-electron chi connectivity index (χ0n) is 13.7. The van der Waals surface area contributed by atoms with Crippen molar-refractivity contribution < 1.29 is 35.9 Å². The largest absolute Gasteiger partial charge is 0.458 e. The van der Waals surface area contributed by atoms with E-state index in [-0.39, 0.29) is 5.82 Å². The molecule has 1 heterocycles. The van der Waals surface area contributed by atoms with Gasteiger partial charge in [-0.2, -0.15) is 26.3 Å². The highest BCUT2D eigenvalue weighted by molar-refractivity contribution is 5.88. The minimum absolute atomic E-state index is 0.231. The highest BCUT2D eigenvalue weighted by Gasteiger charge is 2.75. The number of amides is 2. The standard InChI is InChI=1S/C16H13F6N3O2/c1-10-6-5-9-12(23-10)24-13(26)25-14(15(17,18)19,16(20,21)22)27-11-7-3-2-4-8-11/h2-9H,1H3,(H2,23,24,25,26). The number of aromatic nitrogens is 1. The molecule has 0 radical (unpaired) electrons. The molecule has 0 unspecified atom stereocenters. The second kappa shape index (κ2) is 7.33. The van der Waals surface area contributed by atoms with Crippen molar-refractivity contribution in [2.75, 3.05) is 5.32 Å². The Kier molecular flexibility index (Phi) is 5.52. The van der Waals surface area contributed by atoms with E-state index < -0.39 is 29.9 Å². The number of halogens is 6. The summed E-state index contributed by atoms with van der Waals surface area (Å²) in [5, 5.41) is 2.69. The van der Waals surface area contributed by atoms with Gasteiger partial charge in [-0.25, -0.2) is 9.78 Å². The molecule has 5 nitrogen and oxygen atoms in total. The van der Waals surface area contributed by atoms with Crippen molar-refractivity contribution in [2.24, 2.45) is 0 Å². The number of pyridine rings is 1. The number of rotatable bonds is 4. The number of hydrogen-bond donors (Lipinski definition) is 2. The first kappa shape index (κ1) is 20.3. The highest BCUT2D eigenvalue weighted by Crippen LogP contribution is 2.44. The Hall–Kier alpha value is -2.98. The summed E-state index contributed by atoms with van der Waals surface area (Å²) in [4.78, 5) is 15.7. The molecular weight excluding hydrogens is 380 g/mol. The minimum Gasteiger partial charge on any atom is -0.451 e. The third-order valence-electron chi connectivity index (χ3n) is 3.23. The summed E-state index contributed by atoms with van der Waals surface area (Å²) in [5.74, 6) is -0.966. The summed E-state index contributed by atoms with van der Waals surface area (Å²) in [6.45, 7) is 1.53. The lowest BCUT2D eigenvalue weighted by Crippen LogP contribution is -2.71. The number of benzene rings is 1. The Labute approximate surface area is 149 Å². The van der Waals surface area contributed by atoms with Crippen molar-refractivity contribution in [1.82, 2.24) is 10.3 Å². The number of urea groups is 1. The smallest absolute Gasteiger partial charge is 0.451 e. The molecule has 0 bridgehead atoms. The Morgan fingerprint density at radius 1 is 0.926 bits per heavy atom. The van der Waals surface area contributed by atoms with Crippen LogP contribution in [0.2, 0.25) is 0 Å². The number of nitrogens with zero attached hydrogens (tertiary/aromatic N) is 1. The fourth-order valence-corrected chi connectivity index (χ4v) is 2.03. The van der Waals surface area contributed by atoms with Crippen LogP contribution in [-0.2, 0) is 0 Å². The number of hydrogen-bond acceptors (Lipinski definition) is 3. The van der Waals surface area contributed by atoms with Crippen LogP contribution in [0.25, 0.3) is 0 Å². The molecule has 146 valence electrons. The van der Waals surface area contributed by atoms with Crippen LogP contribution in [0, 0.1) is 6.92 Å². The Balaban J connectivity index is 2.37. The number of para-hydroxylation sites is 1. The fourth-order valence-electron chi connectivity index (χ4n) is 2.03. The van der Waals surface area contributed by atoms with Crippen molar-refractivity contribution in [3.8, 4) is 5.75 Å². The highest BCUT2D eigenvalue weighted by atomic mass is 19.4. The van der Waals surface area contributed by atoms with Crippen LogP contribution in [0.15, 0.2) is 48.5 Å². The molecule has 0 saturated heterocycles. The first-order valence-corrected chi connectivity index (χ1v) is 7.35. The summed E-state index contributed by atoms with van der Waals surface area (Å²) in [6, 6.07) is 7.89.